The van der Waals surface area contributed by atoms with Crippen molar-refractivity contribution in [3.05, 3.63) is 29.3 Å². The number of hydrogen-bond donors (Lipinski definition) is 0. The molecule has 0 aliphatic carbocycles. The van der Waals surface area contributed by atoms with Crippen LogP contribution >= 0.6 is 11.6 Å². The fourth-order valence-corrected chi connectivity index (χ4v) is 4.89. The van der Waals surface area contributed by atoms with Crippen LogP contribution in [0.1, 0.15) is 19.3 Å². The van der Waals surface area contributed by atoms with E-state index in [0.29, 0.717) is 63.7 Å². The van der Waals surface area contributed by atoms with Gasteiger partial charge in [0.1, 0.15) is 0 Å². The summed E-state index contributed by atoms with van der Waals surface area (Å²) in [6.07, 6.45) is 1.92. The maximum absolute atomic E-state index is 12.7. The molecular formula is C17H23ClN2O4S. The van der Waals surface area contributed by atoms with Crippen molar-refractivity contribution in [2.75, 3.05) is 39.4 Å². The Morgan fingerprint density at radius 1 is 1.08 bits per heavy atom. The molecule has 25 heavy (non-hydrogen) atoms. The number of halogens is 1. The highest BCUT2D eigenvalue weighted by molar-refractivity contribution is 7.89. The van der Waals surface area contributed by atoms with Crippen LogP contribution in [0.5, 0.6) is 0 Å². The molecule has 6 nitrogen and oxygen atoms in total. The van der Waals surface area contributed by atoms with Gasteiger partial charge in [-0.2, -0.15) is 4.31 Å². The number of hydrogen-bond acceptors (Lipinski definition) is 4. The summed E-state index contributed by atoms with van der Waals surface area (Å²) in [5.41, 5.74) is 0. The van der Waals surface area contributed by atoms with E-state index in [9.17, 15) is 13.2 Å². The molecule has 0 N–H and O–H groups in total. The predicted molar refractivity (Wildman–Crippen MR) is 95.0 cm³/mol. The van der Waals surface area contributed by atoms with Crippen molar-refractivity contribution >= 4 is 27.5 Å². The van der Waals surface area contributed by atoms with Crippen LogP contribution in [0.15, 0.2) is 29.2 Å². The van der Waals surface area contributed by atoms with Crippen molar-refractivity contribution in [2.24, 2.45) is 5.92 Å². The molecule has 0 aromatic heterocycles. The lowest BCUT2D eigenvalue weighted by Crippen LogP contribution is -2.43. The number of rotatable bonds is 4. The van der Waals surface area contributed by atoms with E-state index >= 15 is 0 Å². The van der Waals surface area contributed by atoms with Crippen molar-refractivity contribution in [1.29, 1.82) is 0 Å². The number of piperidine rings is 1. The van der Waals surface area contributed by atoms with Crippen LogP contribution in [-0.4, -0.2) is 62.9 Å². The third kappa shape index (κ3) is 4.53. The first-order valence-corrected chi connectivity index (χ1v) is 10.4. The summed E-state index contributed by atoms with van der Waals surface area (Å²) in [5.74, 6) is 0.398. The van der Waals surface area contributed by atoms with Gasteiger partial charge < -0.3 is 9.64 Å². The second-order valence-corrected chi connectivity index (χ2v) is 8.87. The Balaban J connectivity index is 1.54. The van der Waals surface area contributed by atoms with Crippen LogP contribution in [0, 0.1) is 5.92 Å². The highest BCUT2D eigenvalue weighted by Gasteiger charge is 2.31. The normalized spacial score (nSPS) is 20.6. The molecule has 3 rings (SSSR count). The molecule has 138 valence electrons. The topological polar surface area (TPSA) is 66.9 Å². The molecule has 0 saturated carbocycles. The average Bonchev–Trinajstić information content (AvgIpc) is 2.63. The summed E-state index contributed by atoms with van der Waals surface area (Å²) in [7, 11) is -3.49. The number of sulfonamides is 1. The summed E-state index contributed by atoms with van der Waals surface area (Å²) >= 11 is 5.83. The molecule has 0 radical (unpaired) electrons. The molecule has 2 heterocycles. The largest absolute Gasteiger partial charge is 0.378 e. The molecule has 2 aliphatic heterocycles. The van der Waals surface area contributed by atoms with Gasteiger partial charge in [0.05, 0.1) is 18.1 Å². The van der Waals surface area contributed by atoms with Gasteiger partial charge in [0.2, 0.25) is 15.9 Å². The number of carbonyl (C=O) groups is 1. The average molecular weight is 387 g/mol. The van der Waals surface area contributed by atoms with Gasteiger partial charge in [0.25, 0.3) is 0 Å². The van der Waals surface area contributed by atoms with Crippen LogP contribution < -0.4 is 0 Å². The SMILES string of the molecule is O=C(CC1CCN(S(=O)(=O)c2ccc(Cl)cc2)CC1)N1CCOCC1. The molecule has 1 amide bonds. The van der Waals surface area contributed by atoms with E-state index in [4.69, 9.17) is 16.3 Å². The van der Waals surface area contributed by atoms with E-state index in [2.05, 4.69) is 0 Å². The third-order valence-electron chi connectivity index (χ3n) is 4.85. The quantitative estimate of drug-likeness (QED) is 0.793. The second-order valence-electron chi connectivity index (χ2n) is 6.50. The first-order valence-electron chi connectivity index (χ1n) is 8.58. The maximum Gasteiger partial charge on any atom is 0.243 e. The molecule has 2 fully saturated rings. The van der Waals surface area contributed by atoms with Gasteiger partial charge in [-0.3, -0.25) is 4.79 Å². The van der Waals surface area contributed by atoms with E-state index < -0.39 is 10.0 Å². The molecule has 2 saturated heterocycles. The van der Waals surface area contributed by atoms with Crippen molar-refractivity contribution in [2.45, 2.75) is 24.2 Å². The van der Waals surface area contributed by atoms with Crippen LogP contribution in [0.3, 0.4) is 0 Å². The smallest absolute Gasteiger partial charge is 0.243 e. The zero-order valence-corrected chi connectivity index (χ0v) is 15.6. The Bertz CT molecular complexity index is 694. The van der Waals surface area contributed by atoms with Crippen LogP contribution in [0.2, 0.25) is 5.02 Å². The summed E-state index contributed by atoms with van der Waals surface area (Å²) in [6.45, 7) is 3.41. The van der Waals surface area contributed by atoms with Gasteiger partial charge in [0, 0.05) is 37.6 Å². The number of carbonyl (C=O) groups excluding carboxylic acids is 1. The lowest BCUT2D eigenvalue weighted by Gasteiger charge is -2.33. The molecule has 0 spiro atoms. The summed E-state index contributed by atoms with van der Waals surface area (Å²) in [4.78, 5) is 14.4. The van der Waals surface area contributed by atoms with Crippen molar-refractivity contribution in [3.8, 4) is 0 Å². The van der Waals surface area contributed by atoms with Gasteiger partial charge in [-0.1, -0.05) is 11.6 Å². The van der Waals surface area contributed by atoms with E-state index in [0.717, 1.165) is 0 Å². The van der Waals surface area contributed by atoms with Gasteiger partial charge in [-0.15, -0.1) is 0 Å². The molecule has 2 aliphatic rings. The van der Waals surface area contributed by atoms with Crippen molar-refractivity contribution < 1.29 is 17.9 Å². The molecule has 1 aromatic rings. The molecule has 1 aromatic carbocycles. The summed E-state index contributed by atoms with van der Waals surface area (Å²) in [5, 5.41) is 0.513. The molecular weight excluding hydrogens is 364 g/mol. The molecule has 8 heteroatoms. The Morgan fingerprint density at radius 3 is 2.28 bits per heavy atom. The minimum absolute atomic E-state index is 0.155. The fraction of sp³-hybridized carbons (Fsp3) is 0.588. The van der Waals surface area contributed by atoms with Crippen molar-refractivity contribution in [3.63, 3.8) is 0 Å². The van der Waals surface area contributed by atoms with E-state index in [1.807, 2.05) is 4.90 Å². The van der Waals surface area contributed by atoms with E-state index in [1.165, 1.54) is 16.4 Å². The number of morpholine rings is 1. The Morgan fingerprint density at radius 2 is 1.68 bits per heavy atom. The Labute approximate surface area is 153 Å². The zero-order chi connectivity index (χ0) is 17.9. The van der Waals surface area contributed by atoms with Crippen LogP contribution in [-0.2, 0) is 19.6 Å². The minimum atomic E-state index is -3.49. The molecule has 0 unspecified atom stereocenters. The lowest BCUT2D eigenvalue weighted by molar-refractivity contribution is -0.136. The van der Waals surface area contributed by atoms with Crippen LogP contribution in [0.25, 0.3) is 0 Å². The molecule has 0 atom stereocenters. The summed E-state index contributed by atoms with van der Waals surface area (Å²) < 4.78 is 32.1. The Kier molecular flexibility index (Phi) is 5.99. The first-order chi connectivity index (χ1) is 12.0. The Hall–Kier alpha value is -1.15. The third-order valence-corrected chi connectivity index (χ3v) is 7.02. The minimum Gasteiger partial charge on any atom is -0.378 e. The number of benzene rings is 1. The molecule has 0 bridgehead atoms. The van der Waals surface area contributed by atoms with E-state index in [1.54, 1.807) is 12.1 Å². The highest BCUT2D eigenvalue weighted by atomic mass is 35.5. The van der Waals surface area contributed by atoms with Crippen LogP contribution in [0.4, 0.5) is 0 Å². The van der Waals surface area contributed by atoms with Gasteiger partial charge in [-0.05, 0) is 43.0 Å². The zero-order valence-electron chi connectivity index (χ0n) is 14.1. The lowest BCUT2D eigenvalue weighted by atomic mass is 9.94. The van der Waals surface area contributed by atoms with Crippen molar-refractivity contribution in [1.82, 2.24) is 9.21 Å². The monoisotopic (exact) mass is 386 g/mol. The maximum atomic E-state index is 12.7. The van der Waals surface area contributed by atoms with E-state index in [-0.39, 0.29) is 16.7 Å². The second kappa shape index (κ2) is 8.03. The van der Waals surface area contributed by atoms with Gasteiger partial charge in [-0.25, -0.2) is 8.42 Å². The van der Waals surface area contributed by atoms with Gasteiger partial charge in [0.15, 0.2) is 0 Å². The predicted octanol–water partition coefficient (Wildman–Crippen LogP) is 1.99. The first kappa shape index (κ1) is 18.6. The fourth-order valence-electron chi connectivity index (χ4n) is 3.30. The van der Waals surface area contributed by atoms with Gasteiger partial charge >= 0.3 is 0 Å². The number of nitrogens with zero attached hydrogens (tertiary/aromatic N) is 2. The standard InChI is InChI=1S/C17H23ClN2O4S/c18-15-1-3-16(4-2-15)25(22,23)20-7-5-14(6-8-20)13-17(21)19-9-11-24-12-10-19/h1-4,14H,5-13H2. The summed E-state index contributed by atoms with van der Waals surface area (Å²) in [6, 6.07) is 6.24. The number of ether oxygens (including phenoxy) is 1. The number of amides is 1. The highest BCUT2D eigenvalue weighted by Crippen LogP contribution is 2.26.